The van der Waals surface area contributed by atoms with Gasteiger partial charge in [-0.15, -0.1) is 0 Å². The van der Waals surface area contributed by atoms with Crippen LogP contribution in [0.25, 0.3) is 0 Å². The topological polar surface area (TPSA) is 21.3 Å². The zero-order valence-corrected chi connectivity index (χ0v) is 12.2. The Labute approximate surface area is 123 Å². The van der Waals surface area contributed by atoms with Crippen LogP contribution >= 0.6 is 0 Å². The summed E-state index contributed by atoms with van der Waals surface area (Å²) in [5.41, 5.74) is 1.66. The van der Waals surface area contributed by atoms with Gasteiger partial charge in [-0.3, -0.25) is 0 Å². The summed E-state index contributed by atoms with van der Waals surface area (Å²) in [6, 6.07) is 11.4. The highest BCUT2D eigenvalue weighted by atomic mass is 19.1. The van der Waals surface area contributed by atoms with Crippen LogP contribution in [0.3, 0.4) is 0 Å². The van der Waals surface area contributed by atoms with Gasteiger partial charge in [0.2, 0.25) is 0 Å². The minimum Gasteiger partial charge on any atom is -0.494 e. The van der Waals surface area contributed by atoms with Gasteiger partial charge in [-0.25, -0.2) is 8.78 Å². The standard InChI is InChI=1S/C17H19F2NO/c1-20-9-8-15(12-4-3-5-14(18)10-12)13-6-7-17(21-2)16(19)11-13/h3-7,10-11,15,20H,8-9H2,1-2H3. The number of hydrogen-bond acceptors (Lipinski definition) is 2. The first kappa shape index (κ1) is 15.4. The maximum atomic E-state index is 13.9. The summed E-state index contributed by atoms with van der Waals surface area (Å²) < 4.78 is 32.3. The van der Waals surface area contributed by atoms with Gasteiger partial charge < -0.3 is 10.1 Å². The second-order valence-corrected chi connectivity index (χ2v) is 4.89. The van der Waals surface area contributed by atoms with E-state index in [0.717, 1.165) is 24.1 Å². The first-order valence-corrected chi connectivity index (χ1v) is 6.89. The largest absolute Gasteiger partial charge is 0.494 e. The molecular formula is C17H19F2NO. The second kappa shape index (κ2) is 7.18. The lowest BCUT2D eigenvalue weighted by Crippen LogP contribution is -2.13. The molecule has 0 fully saturated rings. The van der Waals surface area contributed by atoms with Crippen molar-refractivity contribution in [1.82, 2.24) is 5.32 Å². The van der Waals surface area contributed by atoms with Crippen molar-refractivity contribution in [3.63, 3.8) is 0 Å². The van der Waals surface area contributed by atoms with Gasteiger partial charge in [-0.1, -0.05) is 18.2 Å². The zero-order chi connectivity index (χ0) is 15.2. The quantitative estimate of drug-likeness (QED) is 0.876. The average Bonchev–Trinajstić information content (AvgIpc) is 2.48. The lowest BCUT2D eigenvalue weighted by Gasteiger charge is -2.19. The summed E-state index contributed by atoms with van der Waals surface area (Å²) in [6.45, 7) is 0.759. The Morgan fingerprint density at radius 2 is 1.86 bits per heavy atom. The Hall–Kier alpha value is -1.94. The van der Waals surface area contributed by atoms with Gasteiger partial charge in [-0.2, -0.15) is 0 Å². The van der Waals surface area contributed by atoms with Crippen LogP contribution in [0.15, 0.2) is 42.5 Å². The molecule has 0 aliphatic rings. The van der Waals surface area contributed by atoms with Gasteiger partial charge in [0.25, 0.3) is 0 Å². The van der Waals surface area contributed by atoms with E-state index < -0.39 is 5.82 Å². The molecular weight excluding hydrogens is 272 g/mol. The van der Waals surface area contributed by atoms with Crippen molar-refractivity contribution in [3.05, 3.63) is 65.2 Å². The van der Waals surface area contributed by atoms with Crippen LogP contribution in [-0.4, -0.2) is 20.7 Å². The minimum absolute atomic E-state index is 0.0615. The van der Waals surface area contributed by atoms with Crippen LogP contribution in [0.5, 0.6) is 5.75 Å². The predicted octanol–water partition coefficient (Wildman–Crippen LogP) is 3.71. The normalized spacial score (nSPS) is 12.2. The molecule has 2 rings (SSSR count). The third-order valence-corrected chi connectivity index (χ3v) is 3.51. The van der Waals surface area contributed by atoms with Gasteiger partial charge in [-0.05, 0) is 55.4 Å². The van der Waals surface area contributed by atoms with E-state index >= 15 is 0 Å². The molecule has 112 valence electrons. The number of benzene rings is 2. The van der Waals surface area contributed by atoms with E-state index in [4.69, 9.17) is 4.74 Å². The molecule has 1 N–H and O–H groups in total. The number of ether oxygens (including phenoxy) is 1. The molecule has 0 saturated carbocycles. The molecule has 2 nitrogen and oxygen atoms in total. The number of rotatable bonds is 6. The third-order valence-electron chi connectivity index (χ3n) is 3.51. The Bertz CT molecular complexity index is 601. The smallest absolute Gasteiger partial charge is 0.165 e. The Kier molecular flexibility index (Phi) is 5.28. The molecule has 0 aliphatic heterocycles. The highest BCUT2D eigenvalue weighted by Gasteiger charge is 2.16. The number of nitrogens with one attached hydrogen (secondary N) is 1. The van der Waals surface area contributed by atoms with Crippen molar-refractivity contribution < 1.29 is 13.5 Å². The second-order valence-electron chi connectivity index (χ2n) is 4.89. The van der Waals surface area contributed by atoms with Crippen LogP contribution in [-0.2, 0) is 0 Å². The number of methoxy groups -OCH3 is 1. The van der Waals surface area contributed by atoms with Crippen LogP contribution in [0.1, 0.15) is 23.5 Å². The van der Waals surface area contributed by atoms with Crippen LogP contribution < -0.4 is 10.1 Å². The molecule has 0 bridgehead atoms. The van der Waals surface area contributed by atoms with Crippen molar-refractivity contribution >= 4 is 0 Å². The van der Waals surface area contributed by atoms with E-state index in [1.165, 1.54) is 25.3 Å². The summed E-state index contributed by atoms with van der Waals surface area (Å²) in [7, 11) is 3.29. The van der Waals surface area contributed by atoms with Crippen LogP contribution in [0.2, 0.25) is 0 Å². The van der Waals surface area contributed by atoms with E-state index in [0.29, 0.717) is 0 Å². The van der Waals surface area contributed by atoms with E-state index in [-0.39, 0.29) is 17.5 Å². The highest BCUT2D eigenvalue weighted by Crippen LogP contribution is 2.30. The molecule has 0 saturated heterocycles. The molecule has 2 aromatic carbocycles. The van der Waals surface area contributed by atoms with Crippen molar-refractivity contribution in [2.45, 2.75) is 12.3 Å². The van der Waals surface area contributed by atoms with E-state index in [2.05, 4.69) is 5.32 Å². The fraction of sp³-hybridized carbons (Fsp3) is 0.294. The minimum atomic E-state index is -0.402. The molecule has 1 atom stereocenters. The number of hydrogen-bond donors (Lipinski definition) is 1. The van der Waals surface area contributed by atoms with Crippen molar-refractivity contribution in [3.8, 4) is 5.75 Å². The molecule has 0 amide bonds. The summed E-state index contributed by atoms with van der Waals surface area (Å²) in [5, 5.41) is 3.08. The first-order valence-electron chi connectivity index (χ1n) is 6.89. The monoisotopic (exact) mass is 291 g/mol. The van der Waals surface area contributed by atoms with Crippen molar-refractivity contribution in [2.75, 3.05) is 20.7 Å². The van der Waals surface area contributed by atoms with Gasteiger partial charge in [0.15, 0.2) is 11.6 Å². The molecule has 0 spiro atoms. The zero-order valence-electron chi connectivity index (χ0n) is 12.2. The molecule has 0 aromatic heterocycles. The SMILES string of the molecule is CNCCC(c1cccc(F)c1)c1ccc(OC)c(F)c1. The molecule has 2 aromatic rings. The Morgan fingerprint density at radius 3 is 2.48 bits per heavy atom. The lowest BCUT2D eigenvalue weighted by molar-refractivity contribution is 0.386. The number of halogens is 2. The maximum absolute atomic E-state index is 13.9. The van der Waals surface area contributed by atoms with E-state index in [1.54, 1.807) is 12.1 Å². The van der Waals surface area contributed by atoms with Gasteiger partial charge in [0.1, 0.15) is 5.82 Å². The lowest BCUT2D eigenvalue weighted by atomic mass is 9.88. The van der Waals surface area contributed by atoms with Gasteiger partial charge in [0.05, 0.1) is 7.11 Å². The fourth-order valence-corrected chi connectivity index (χ4v) is 2.44. The highest BCUT2D eigenvalue weighted by molar-refractivity contribution is 5.37. The van der Waals surface area contributed by atoms with E-state index in [1.807, 2.05) is 19.2 Å². The fourth-order valence-electron chi connectivity index (χ4n) is 2.44. The third kappa shape index (κ3) is 3.79. The molecule has 0 aliphatic carbocycles. The molecule has 21 heavy (non-hydrogen) atoms. The van der Waals surface area contributed by atoms with Crippen molar-refractivity contribution in [1.29, 1.82) is 0 Å². The van der Waals surface area contributed by atoms with Crippen LogP contribution in [0, 0.1) is 11.6 Å². The predicted molar refractivity (Wildman–Crippen MR) is 79.7 cm³/mol. The summed E-state index contributed by atoms with van der Waals surface area (Å²) in [6.07, 6.45) is 0.756. The Balaban J connectivity index is 2.37. The molecule has 4 heteroatoms. The van der Waals surface area contributed by atoms with Crippen molar-refractivity contribution in [2.24, 2.45) is 0 Å². The Morgan fingerprint density at radius 1 is 1.10 bits per heavy atom. The van der Waals surface area contributed by atoms with Gasteiger partial charge in [0, 0.05) is 5.92 Å². The van der Waals surface area contributed by atoms with E-state index in [9.17, 15) is 8.78 Å². The summed E-state index contributed by atoms with van der Waals surface area (Å²) >= 11 is 0. The van der Waals surface area contributed by atoms with Crippen LogP contribution in [0.4, 0.5) is 8.78 Å². The molecule has 0 radical (unpaired) electrons. The summed E-state index contributed by atoms with van der Waals surface area (Å²) in [4.78, 5) is 0. The average molecular weight is 291 g/mol. The first-order chi connectivity index (χ1) is 10.2. The maximum Gasteiger partial charge on any atom is 0.165 e. The summed E-state index contributed by atoms with van der Waals surface area (Å²) in [5.74, 6) is -0.532. The molecule has 0 heterocycles. The molecule has 1 unspecified atom stereocenters. The van der Waals surface area contributed by atoms with Gasteiger partial charge >= 0.3 is 0 Å².